The topological polar surface area (TPSA) is 89.8 Å². The van der Waals surface area contributed by atoms with Gasteiger partial charge in [0.25, 0.3) is 11.6 Å². The van der Waals surface area contributed by atoms with Crippen LogP contribution >= 0.6 is 0 Å². The molecule has 0 N–H and O–H groups in total. The minimum absolute atomic E-state index is 0.0756. The summed E-state index contributed by atoms with van der Waals surface area (Å²) in [6, 6.07) is 3.60. The number of nitro benzene ring substituents is 1. The first-order valence-electron chi connectivity index (χ1n) is 4.57. The summed E-state index contributed by atoms with van der Waals surface area (Å²) in [5.41, 5.74) is -0.409. The molecule has 1 amide bonds. The molecule has 0 unspecified atom stereocenters. The summed E-state index contributed by atoms with van der Waals surface area (Å²) in [4.78, 5) is 36.9. The number of rotatable bonds is 4. The average Bonchev–Trinajstić information content (AvgIpc) is 2.35. The molecule has 0 bridgehead atoms. The van der Waals surface area contributed by atoms with Crippen molar-refractivity contribution in [3.8, 4) is 0 Å². The van der Waals surface area contributed by atoms with Crippen molar-refractivity contribution >= 4 is 17.9 Å². The summed E-state index contributed by atoms with van der Waals surface area (Å²) in [6.07, 6.45) is 0.367. The van der Waals surface area contributed by atoms with Gasteiger partial charge in [0.15, 0.2) is 6.29 Å². The van der Waals surface area contributed by atoms with Crippen LogP contribution in [0, 0.1) is 10.1 Å². The van der Waals surface area contributed by atoms with E-state index in [1.54, 1.807) is 0 Å². The van der Waals surface area contributed by atoms with Crippen LogP contribution in [0.15, 0.2) is 18.2 Å². The van der Waals surface area contributed by atoms with Crippen LogP contribution in [0.1, 0.15) is 20.7 Å². The Bertz CT molecular complexity index is 472. The van der Waals surface area contributed by atoms with E-state index < -0.39 is 16.5 Å². The SMILES string of the molecule is CON(C)C(=O)c1ccc(C=O)c([N+](=O)[O-])c1. The van der Waals surface area contributed by atoms with Gasteiger partial charge >= 0.3 is 0 Å². The van der Waals surface area contributed by atoms with Gasteiger partial charge in [0.05, 0.1) is 17.6 Å². The number of carbonyl (C=O) groups is 2. The Kier molecular flexibility index (Phi) is 3.89. The molecule has 0 aliphatic heterocycles. The van der Waals surface area contributed by atoms with Crippen molar-refractivity contribution in [1.29, 1.82) is 0 Å². The molecule has 1 rings (SSSR count). The van der Waals surface area contributed by atoms with E-state index in [0.29, 0.717) is 6.29 Å². The molecule has 0 radical (unpaired) electrons. The average molecular weight is 238 g/mol. The number of hydroxylamine groups is 2. The van der Waals surface area contributed by atoms with Gasteiger partial charge in [0, 0.05) is 18.7 Å². The van der Waals surface area contributed by atoms with Gasteiger partial charge in [-0.2, -0.15) is 0 Å². The van der Waals surface area contributed by atoms with Crippen molar-refractivity contribution in [2.45, 2.75) is 0 Å². The molecule has 0 saturated heterocycles. The molecule has 90 valence electrons. The van der Waals surface area contributed by atoms with Crippen molar-refractivity contribution in [3.63, 3.8) is 0 Å². The number of nitrogens with zero attached hydrogens (tertiary/aromatic N) is 2. The van der Waals surface area contributed by atoms with E-state index in [-0.39, 0.29) is 11.1 Å². The molecular weight excluding hydrogens is 228 g/mol. The van der Waals surface area contributed by atoms with Crippen molar-refractivity contribution in [2.75, 3.05) is 14.2 Å². The maximum absolute atomic E-state index is 11.6. The van der Waals surface area contributed by atoms with E-state index in [0.717, 1.165) is 11.1 Å². The zero-order chi connectivity index (χ0) is 13.0. The number of benzene rings is 1. The van der Waals surface area contributed by atoms with Crippen molar-refractivity contribution < 1.29 is 19.3 Å². The second-order valence-electron chi connectivity index (χ2n) is 3.13. The fourth-order valence-corrected chi connectivity index (χ4v) is 1.20. The van der Waals surface area contributed by atoms with Gasteiger partial charge in [-0.3, -0.25) is 24.5 Å². The van der Waals surface area contributed by atoms with Crippen LogP contribution in [0.25, 0.3) is 0 Å². The van der Waals surface area contributed by atoms with E-state index in [2.05, 4.69) is 4.84 Å². The molecule has 0 saturated carbocycles. The first kappa shape index (κ1) is 12.8. The number of hydrogen-bond donors (Lipinski definition) is 0. The van der Waals surface area contributed by atoms with Crippen LogP contribution in [-0.4, -0.2) is 36.3 Å². The normalized spacial score (nSPS) is 9.76. The summed E-state index contributed by atoms with van der Waals surface area (Å²) in [5, 5.41) is 11.6. The van der Waals surface area contributed by atoms with Crippen molar-refractivity contribution in [1.82, 2.24) is 5.06 Å². The predicted molar refractivity (Wildman–Crippen MR) is 57.6 cm³/mol. The zero-order valence-corrected chi connectivity index (χ0v) is 9.25. The van der Waals surface area contributed by atoms with E-state index in [1.807, 2.05) is 0 Å². The highest BCUT2D eigenvalue weighted by atomic mass is 16.7. The summed E-state index contributed by atoms with van der Waals surface area (Å²) < 4.78 is 0. The van der Waals surface area contributed by atoms with Crippen LogP contribution in [0.2, 0.25) is 0 Å². The molecule has 0 heterocycles. The van der Waals surface area contributed by atoms with Gasteiger partial charge in [0.2, 0.25) is 0 Å². The van der Waals surface area contributed by atoms with E-state index >= 15 is 0 Å². The fraction of sp³-hybridized carbons (Fsp3) is 0.200. The summed E-state index contributed by atoms with van der Waals surface area (Å²) in [5.74, 6) is -0.534. The monoisotopic (exact) mass is 238 g/mol. The fourth-order valence-electron chi connectivity index (χ4n) is 1.20. The summed E-state index contributed by atoms with van der Waals surface area (Å²) >= 11 is 0. The highest BCUT2D eigenvalue weighted by Crippen LogP contribution is 2.19. The maximum Gasteiger partial charge on any atom is 0.280 e. The minimum atomic E-state index is -0.715. The molecule has 1 aromatic rings. The highest BCUT2D eigenvalue weighted by Gasteiger charge is 2.19. The summed E-state index contributed by atoms with van der Waals surface area (Å²) in [6.45, 7) is 0. The highest BCUT2D eigenvalue weighted by molar-refractivity contribution is 5.95. The molecule has 17 heavy (non-hydrogen) atoms. The number of nitro groups is 1. The third-order valence-electron chi connectivity index (χ3n) is 2.16. The van der Waals surface area contributed by atoms with Crippen LogP contribution in [-0.2, 0) is 4.84 Å². The third kappa shape index (κ3) is 2.64. The van der Waals surface area contributed by atoms with E-state index in [4.69, 9.17) is 0 Å². The number of hydrogen-bond acceptors (Lipinski definition) is 5. The second kappa shape index (κ2) is 5.17. The van der Waals surface area contributed by atoms with Gasteiger partial charge in [-0.05, 0) is 12.1 Å². The van der Waals surface area contributed by atoms with Gasteiger partial charge in [0.1, 0.15) is 0 Å². The largest absolute Gasteiger partial charge is 0.298 e. The van der Waals surface area contributed by atoms with E-state index in [1.165, 1.54) is 26.3 Å². The molecule has 0 fully saturated rings. The van der Waals surface area contributed by atoms with Crippen molar-refractivity contribution in [2.24, 2.45) is 0 Å². The Morgan fingerprint density at radius 2 is 2.18 bits per heavy atom. The van der Waals surface area contributed by atoms with Crippen LogP contribution in [0.5, 0.6) is 0 Å². The van der Waals surface area contributed by atoms with Gasteiger partial charge in [-0.15, -0.1) is 0 Å². The summed E-state index contributed by atoms with van der Waals surface area (Å²) in [7, 11) is 2.67. The maximum atomic E-state index is 11.6. The molecular formula is C10H10N2O5. The first-order valence-corrected chi connectivity index (χ1v) is 4.57. The third-order valence-corrected chi connectivity index (χ3v) is 2.16. The van der Waals surface area contributed by atoms with Crippen molar-refractivity contribution in [3.05, 3.63) is 39.4 Å². The zero-order valence-electron chi connectivity index (χ0n) is 9.25. The molecule has 0 aliphatic rings. The lowest BCUT2D eigenvalue weighted by Gasteiger charge is -2.13. The Balaban J connectivity index is 3.21. The molecule has 0 atom stereocenters. The Labute approximate surface area is 96.7 Å². The lowest BCUT2D eigenvalue weighted by Crippen LogP contribution is -2.25. The molecule has 7 heteroatoms. The second-order valence-corrected chi connectivity index (χ2v) is 3.13. The standard InChI is InChI=1S/C10H10N2O5/c1-11(17-2)10(14)7-3-4-8(6-13)9(5-7)12(15)16/h3-6H,1-2H3. The van der Waals surface area contributed by atoms with Crippen LogP contribution < -0.4 is 0 Å². The molecule has 7 nitrogen and oxygen atoms in total. The smallest absolute Gasteiger partial charge is 0.280 e. The van der Waals surface area contributed by atoms with Gasteiger partial charge in [-0.25, -0.2) is 5.06 Å². The molecule has 0 spiro atoms. The predicted octanol–water partition coefficient (Wildman–Crippen LogP) is 1.04. The lowest BCUT2D eigenvalue weighted by atomic mass is 10.1. The number of amides is 1. The van der Waals surface area contributed by atoms with Gasteiger partial charge in [-0.1, -0.05) is 0 Å². The number of aldehydes is 1. The first-order chi connectivity index (χ1) is 8.01. The molecule has 0 aliphatic carbocycles. The molecule has 1 aromatic carbocycles. The number of carbonyl (C=O) groups excluding carboxylic acids is 2. The minimum Gasteiger partial charge on any atom is -0.298 e. The Hall–Kier alpha value is -2.28. The Morgan fingerprint density at radius 1 is 1.53 bits per heavy atom. The van der Waals surface area contributed by atoms with Crippen LogP contribution in [0.4, 0.5) is 5.69 Å². The lowest BCUT2D eigenvalue weighted by molar-refractivity contribution is -0.385. The van der Waals surface area contributed by atoms with E-state index in [9.17, 15) is 19.7 Å². The van der Waals surface area contributed by atoms with Gasteiger partial charge < -0.3 is 0 Å². The molecule has 0 aromatic heterocycles. The van der Waals surface area contributed by atoms with Crippen LogP contribution in [0.3, 0.4) is 0 Å². The quantitative estimate of drug-likeness (QED) is 0.444. The Morgan fingerprint density at radius 3 is 2.65 bits per heavy atom.